The zero-order valence-electron chi connectivity index (χ0n) is 17.8. The number of rotatable bonds is 4. The summed E-state index contributed by atoms with van der Waals surface area (Å²) < 4.78 is 3.08. The fraction of sp³-hybridized carbons (Fsp3) is 0.167. The Morgan fingerprint density at radius 2 is 2.12 bits per heavy atom. The molecule has 4 aromatic rings. The van der Waals surface area contributed by atoms with Crippen molar-refractivity contribution in [2.45, 2.75) is 25.8 Å². The minimum absolute atomic E-state index is 0.0824. The number of carbonyl (C=O) groups is 1. The van der Waals surface area contributed by atoms with Gasteiger partial charge >= 0.3 is 0 Å². The van der Waals surface area contributed by atoms with Crippen molar-refractivity contribution in [3.63, 3.8) is 0 Å². The van der Waals surface area contributed by atoms with E-state index in [1.165, 1.54) is 4.52 Å². The van der Waals surface area contributed by atoms with Crippen LogP contribution in [0.15, 0.2) is 65.7 Å². The number of fused-ring (bicyclic) bond motifs is 2. The summed E-state index contributed by atoms with van der Waals surface area (Å²) in [5.41, 5.74) is 7.71. The molecule has 3 heterocycles. The van der Waals surface area contributed by atoms with Crippen LogP contribution in [-0.4, -0.2) is 25.1 Å². The molecule has 9 heteroatoms. The second-order valence-corrected chi connectivity index (χ2v) is 8.27. The molecule has 8 nitrogen and oxygen atoms in total. The lowest BCUT2D eigenvalue weighted by atomic mass is 10.1. The van der Waals surface area contributed by atoms with Crippen molar-refractivity contribution in [2.75, 3.05) is 5.73 Å². The van der Waals surface area contributed by atoms with Gasteiger partial charge in [0, 0.05) is 23.8 Å². The predicted molar refractivity (Wildman–Crippen MR) is 129 cm³/mol. The average Bonchev–Trinajstić information content (AvgIpc) is 3.15. The van der Waals surface area contributed by atoms with Crippen LogP contribution in [0.2, 0.25) is 5.02 Å². The first-order chi connectivity index (χ1) is 16.0. The van der Waals surface area contributed by atoms with E-state index in [1.807, 2.05) is 37.3 Å². The number of nitrogen functional groups attached to an aromatic ring is 1. The van der Waals surface area contributed by atoms with Gasteiger partial charge in [0.25, 0.3) is 11.5 Å². The van der Waals surface area contributed by atoms with E-state index < -0.39 is 11.9 Å². The van der Waals surface area contributed by atoms with Crippen LogP contribution in [-0.2, 0) is 0 Å². The molecule has 1 aliphatic carbocycles. The van der Waals surface area contributed by atoms with Gasteiger partial charge in [0.15, 0.2) is 11.5 Å². The summed E-state index contributed by atoms with van der Waals surface area (Å²) in [7, 11) is 0. The van der Waals surface area contributed by atoms with Crippen molar-refractivity contribution < 1.29 is 4.79 Å². The molecule has 0 spiro atoms. The van der Waals surface area contributed by atoms with Crippen molar-refractivity contribution in [3.8, 4) is 0 Å². The molecule has 1 atom stereocenters. The number of anilines is 1. The lowest BCUT2D eigenvalue weighted by molar-refractivity contribution is 0.0941. The van der Waals surface area contributed by atoms with Gasteiger partial charge in [-0.05, 0) is 49.4 Å². The molecule has 0 radical (unpaired) electrons. The number of benzene rings is 1. The molecule has 0 saturated heterocycles. The van der Waals surface area contributed by atoms with Crippen LogP contribution in [0.25, 0.3) is 22.1 Å². The van der Waals surface area contributed by atoms with Crippen LogP contribution >= 0.6 is 11.6 Å². The summed E-state index contributed by atoms with van der Waals surface area (Å²) in [5.74, 6) is -0.342. The van der Waals surface area contributed by atoms with Crippen molar-refractivity contribution in [1.82, 2.24) is 24.5 Å². The first kappa shape index (κ1) is 21.0. The lowest BCUT2D eigenvalue weighted by Gasteiger charge is -2.22. The van der Waals surface area contributed by atoms with Crippen molar-refractivity contribution >= 4 is 45.4 Å². The van der Waals surface area contributed by atoms with Gasteiger partial charge in [-0.2, -0.15) is 0 Å². The van der Waals surface area contributed by atoms with Crippen LogP contribution in [0.5, 0.6) is 0 Å². The maximum atomic E-state index is 13.6. The Kier molecular flexibility index (Phi) is 5.22. The smallest absolute Gasteiger partial charge is 0.264 e. The predicted octanol–water partition coefficient (Wildman–Crippen LogP) is 3.96. The Labute approximate surface area is 194 Å². The summed E-state index contributed by atoms with van der Waals surface area (Å²) in [6.45, 7) is 1.82. The van der Waals surface area contributed by atoms with Gasteiger partial charge in [-0.25, -0.2) is 9.50 Å². The summed E-state index contributed by atoms with van der Waals surface area (Å²) in [5, 5.41) is 8.65. The highest BCUT2D eigenvalue weighted by Crippen LogP contribution is 2.27. The van der Waals surface area contributed by atoms with E-state index in [-0.39, 0.29) is 16.9 Å². The van der Waals surface area contributed by atoms with Crippen LogP contribution in [0.4, 0.5) is 5.82 Å². The number of allylic oxidation sites excluding steroid dienone is 4. The van der Waals surface area contributed by atoms with Crippen LogP contribution < -0.4 is 16.6 Å². The van der Waals surface area contributed by atoms with Crippen molar-refractivity contribution in [1.29, 1.82) is 0 Å². The molecule has 1 aliphatic rings. The maximum absolute atomic E-state index is 13.6. The van der Waals surface area contributed by atoms with Gasteiger partial charge < -0.3 is 11.1 Å². The standard InChI is InChI=1S/C24H21ClN6O2/c1-14(28-23(32)20-21(26)29-30-12-6-11-27-22(20)30)18-13-15-7-5-10-17(25)19(15)24(33)31(18)16-8-3-2-4-9-16/h3,5-14H,2,4H2,1H3,(H2,26,29)(H,28,32)/t14-/m0/s1. The number of nitrogens with two attached hydrogens (primary N) is 1. The highest BCUT2D eigenvalue weighted by molar-refractivity contribution is 6.35. The SMILES string of the molecule is C[C@H](NC(=O)c1c(N)nn2cccnc12)c1cc2cccc(Cl)c2c(=O)n1C1=CCCC=C1. The molecule has 0 fully saturated rings. The molecule has 166 valence electrons. The molecule has 3 aromatic heterocycles. The molecule has 1 amide bonds. The van der Waals surface area contributed by atoms with Crippen molar-refractivity contribution in [3.05, 3.63) is 87.6 Å². The van der Waals surface area contributed by atoms with E-state index in [1.54, 1.807) is 35.2 Å². The number of aromatic nitrogens is 4. The summed E-state index contributed by atoms with van der Waals surface area (Å²) >= 11 is 6.38. The zero-order valence-corrected chi connectivity index (χ0v) is 18.6. The fourth-order valence-electron chi connectivity index (χ4n) is 4.15. The number of hydrogen-bond acceptors (Lipinski definition) is 5. The Bertz CT molecular complexity index is 1530. The number of carbonyl (C=O) groups excluding carboxylic acids is 1. The number of halogens is 1. The third-order valence-electron chi connectivity index (χ3n) is 5.70. The van der Waals surface area contributed by atoms with Crippen LogP contribution in [0, 0.1) is 0 Å². The Balaban J connectivity index is 1.62. The first-order valence-corrected chi connectivity index (χ1v) is 10.9. The number of amides is 1. The minimum Gasteiger partial charge on any atom is -0.381 e. The van der Waals surface area contributed by atoms with E-state index in [0.29, 0.717) is 27.1 Å². The fourth-order valence-corrected chi connectivity index (χ4v) is 4.42. The molecule has 1 aromatic carbocycles. The third-order valence-corrected chi connectivity index (χ3v) is 6.01. The van der Waals surface area contributed by atoms with E-state index in [9.17, 15) is 9.59 Å². The van der Waals surface area contributed by atoms with Gasteiger partial charge in [-0.1, -0.05) is 35.9 Å². The van der Waals surface area contributed by atoms with Gasteiger partial charge in [0.2, 0.25) is 0 Å². The minimum atomic E-state index is -0.525. The van der Waals surface area contributed by atoms with Crippen LogP contribution in [0.3, 0.4) is 0 Å². The number of hydrogen-bond donors (Lipinski definition) is 2. The second-order valence-electron chi connectivity index (χ2n) is 7.87. The molecular formula is C24H21ClN6O2. The molecule has 3 N–H and O–H groups in total. The Morgan fingerprint density at radius 3 is 2.91 bits per heavy atom. The third kappa shape index (κ3) is 3.58. The van der Waals surface area contributed by atoms with E-state index in [4.69, 9.17) is 17.3 Å². The van der Waals surface area contributed by atoms with Gasteiger partial charge in [0.1, 0.15) is 5.56 Å². The van der Waals surface area contributed by atoms with Gasteiger partial charge in [-0.15, -0.1) is 5.10 Å². The molecule has 0 unspecified atom stereocenters. The largest absolute Gasteiger partial charge is 0.381 e. The highest BCUT2D eigenvalue weighted by Gasteiger charge is 2.24. The van der Waals surface area contributed by atoms with Gasteiger partial charge in [-0.3, -0.25) is 14.2 Å². The molecule has 0 bridgehead atoms. The van der Waals surface area contributed by atoms with Crippen LogP contribution in [0.1, 0.15) is 41.9 Å². The first-order valence-electron chi connectivity index (χ1n) is 10.6. The molecular weight excluding hydrogens is 440 g/mol. The number of nitrogens with one attached hydrogen (secondary N) is 1. The molecule has 33 heavy (non-hydrogen) atoms. The number of pyridine rings is 1. The van der Waals surface area contributed by atoms with E-state index in [0.717, 1.165) is 18.5 Å². The highest BCUT2D eigenvalue weighted by atomic mass is 35.5. The summed E-state index contributed by atoms with van der Waals surface area (Å²) in [6.07, 6.45) is 10.9. The molecule has 0 aliphatic heterocycles. The quantitative estimate of drug-likeness (QED) is 0.479. The average molecular weight is 461 g/mol. The zero-order chi connectivity index (χ0) is 23.1. The molecule has 5 rings (SSSR count). The monoisotopic (exact) mass is 460 g/mol. The maximum Gasteiger partial charge on any atom is 0.264 e. The summed E-state index contributed by atoms with van der Waals surface area (Å²) in [6, 6.07) is 8.40. The van der Waals surface area contributed by atoms with Crippen molar-refractivity contribution in [2.24, 2.45) is 0 Å². The number of nitrogens with zero attached hydrogens (tertiary/aromatic N) is 4. The lowest BCUT2D eigenvalue weighted by Crippen LogP contribution is -2.32. The normalized spacial score (nSPS) is 14.4. The molecule has 0 saturated carbocycles. The summed E-state index contributed by atoms with van der Waals surface area (Å²) in [4.78, 5) is 31.0. The second kappa shape index (κ2) is 8.22. The Morgan fingerprint density at radius 1 is 1.27 bits per heavy atom. The van der Waals surface area contributed by atoms with E-state index >= 15 is 0 Å². The Hall–Kier alpha value is -3.91. The van der Waals surface area contributed by atoms with E-state index in [2.05, 4.69) is 15.4 Å². The topological polar surface area (TPSA) is 107 Å². The van der Waals surface area contributed by atoms with Gasteiger partial charge in [0.05, 0.1) is 16.5 Å².